The minimum atomic E-state index is -0.637. The van der Waals surface area contributed by atoms with Gasteiger partial charge in [0.15, 0.2) is 0 Å². The summed E-state index contributed by atoms with van der Waals surface area (Å²) in [5.41, 5.74) is 7.13. The first-order valence-corrected chi connectivity index (χ1v) is 6.35. The van der Waals surface area contributed by atoms with Crippen LogP contribution in [0.2, 0.25) is 0 Å². The largest absolute Gasteiger partial charge is 0.370 e. The smallest absolute Gasteiger partial charge is 0.244 e. The maximum absolute atomic E-state index is 11.8. The van der Waals surface area contributed by atoms with E-state index in [1.165, 1.54) is 5.56 Å². The monoisotopic (exact) mass is 247 g/mol. The summed E-state index contributed by atoms with van der Waals surface area (Å²) < 4.78 is 0. The Labute approximate surface area is 108 Å². The number of primary amides is 1. The maximum Gasteiger partial charge on any atom is 0.244 e. The van der Waals surface area contributed by atoms with Gasteiger partial charge in [0.1, 0.15) is 5.54 Å². The molecule has 4 heteroatoms. The Morgan fingerprint density at radius 3 is 2.61 bits per heavy atom. The summed E-state index contributed by atoms with van der Waals surface area (Å²) in [7, 11) is 2.02. The molecule has 1 atom stereocenters. The van der Waals surface area contributed by atoms with E-state index in [0.717, 1.165) is 25.1 Å². The highest BCUT2D eigenvalue weighted by Crippen LogP contribution is 2.25. The van der Waals surface area contributed by atoms with Gasteiger partial charge in [-0.05, 0) is 45.5 Å². The number of nitrogens with zero attached hydrogens (tertiary/aromatic N) is 1. The number of hydrogen-bond acceptors (Lipinski definition) is 3. The number of nitrogens with one attached hydrogen (secondary N) is 1. The van der Waals surface area contributed by atoms with E-state index in [-0.39, 0.29) is 5.91 Å². The van der Waals surface area contributed by atoms with Crippen molar-refractivity contribution in [3.8, 4) is 0 Å². The fourth-order valence-corrected chi connectivity index (χ4v) is 2.55. The number of carbonyl (C=O) groups excluding carboxylic acids is 1. The number of nitrogens with two attached hydrogens (primary N) is 1. The molecule has 1 saturated heterocycles. The van der Waals surface area contributed by atoms with E-state index in [1.807, 2.05) is 38.2 Å². The van der Waals surface area contributed by atoms with Gasteiger partial charge in [-0.15, -0.1) is 0 Å². The van der Waals surface area contributed by atoms with Gasteiger partial charge in [-0.1, -0.05) is 17.7 Å². The van der Waals surface area contributed by atoms with E-state index in [0.29, 0.717) is 6.54 Å². The summed E-state index contributed by atoms with van der Waals surface area (Å²) in [5, 5.41) is 3.34. The molecule has 3 N–H and O–H groups in total. The second kappa shape index (κ2) is 4.98. The van der Waals surface area contributed by atoms with Crippen molar-refractivity contribution in [1.82, 2.24) is 4.90 Å². The van der Waals surface area contributed by atoms with Crippen LogP contribution in [0.1, 0.15) is 18.4 Å². The number of likely N-dealkylation sites (tertiary alicyclic amines) is 1. The standard InChI is InChI=1S/C14H21N3O/c1-11-4-6-12(7-5-11)16-14(13(15)18)8-3-9-17(2)10-14/h4-7,16H,3,8-10H2,1-2H3,(H2,15,18). The lowest BCUT2D eigenvalue weighted by Gasteiger charge is -2.40. The lowest BCUT2D eigenvalue weighted by Crippen LogP contribution is -2.59. The van der Waals surface area contributed by atoms with Crippen molar-refractivity contribution in [2.45, 2.75) is 25.3 Å². The fourth-order valence-electron chi connectivity index (χ4n) is 2.55. The second-order valence-corrected chi connectivity index (χ2v) is 5.28. The molecule has 1 aliphatic heterocycles. The second-order valence-electron chi connectivity index (χ2n) is 5.28. The summed E-state index contributed by atoms with van der Waals surface area (Å²) in [6.07, 6.45) is 1.78. The molecule has 0 aromatic heterocycles. The third kappa shape index (κ3) is 2.64. The van der Waals surface area contributed by atoms with Crippen LogP contribution in [0.15, 0.2) is 24.3 Å². The zero-order valence-corrected chi connectivity index (χ0v) is 11.1. The Bertz CT molecular complexity index is 429. The molecule has 1 aromatic carbocycles. The molecule has 98 valence electrons. The zero-order valence-electron chi connectivity index (χ0n) is 11.1. The Morgan fingerprint density at radius 2 is 2.06 bits per heavy atom. The number of benzene rings is 1. The fraction of sp³-hybridized carbons (Fsp3) is 0.500. The Kier molecular flexibility index (Phi) is 3.57. The minimum absolute atomic E-state index is 0.269. The van der Waals surface area contributed by atoms with Gasteiger partial charge in [-0.2, -0.15) is 0 Å². The SMILES string of the molecule is Cc1ccc(NC2(C(N)=O)CCCN(C)C2)cc1. The number of carbonyl (C=O) groups is 1. The normalized spacial score (nSPS) is 24.8. The topological polar surface area (TPSA) is 58.4 Å². The van der Waals surface area contributed by atoms with Crippen LogP contribution in [0.3, 0.4) is 0 Å². The van der Waals surface area contributed by atoms with Crippen molar-refractivity contribution in [3.05, 3.63) is 29.8 Å². The van der Waals surface area contributed by atoms with Gasteiger partial charge in [0.25, 0.3) is 0 Å². The number of likely N-dealkylation sites (N-methyl/N-ethyl adjacent to an activating group) is 1. The van der Waals surface area contributed by atoms with Crippen molar-refractivity contribution < 1.29 is 4.79 Å². The lowest BCUT2D eigenvalue weighted by atomic mass is 9.88. The van der Waals surface area contributed by atoms with Gasteiger partial charge >= 0.3 is 0 Å². The van der Waals surface area contributed by atoms with E-state index in [9.17, 15) is 4.79 Å². The van der Waals surface area contributed by atoms with Gasteiger partial charge in [0.2, 0.25) is 5.91 Å². The maximum atomic E-state index is 11.8. The average molecular weight is 247 g/mol. The highest BCUT2D eigenvalue weighted by molar-refractivity contribution is 5.88. The van der Waals surface area contributed by atoms with Gasteiger partial charge in [-0.3, -0.25) is 4.79 Å². The van der Waals surface area contributed by atoms with Crippen molar-refractivity contribution in [2.24, 2.45) is 5.73 Å². The molecule has 1 aromatic rings. The number of rotatable bonds is 3. The predicted molar refractivity (Wildman–Crippen MR) is 73.5 cm³/mol. The van der Waals surface area contributed by atoms with Crippen LogP contribution in [0.4, 0.5) is 5.69 Å². The van der Waals surface area contributed by atoms with E-state index in [4.69, 9.17) is 5.73 Å². The number of aryl methyl sites for hydroxylation is 1. The molecular weight excluding hydrogens is 226 g/mol. The van der Waals surface area contributed by atoms with E-state index in [2.05, 4.69) is 10.2 Å². The molecule has 1 fully saturated rings. The summed E-state index contributed by atoms with van der Waals surface area (Å²) in [4.78, 5) is 14.0. The molecule has 0 aliphatic carbocycles. The molecule has 0 spiro atoms. The molecule has 1 unspecified atom stereocenters. The van der Waals surface area contributed by atoms with Crippen LogP contribution in [-0.4, -0.2) is 36.5 Å². The van der Waals surface area contributed by atoms with Gasteiger partial charge in [0.05, 0.1) is 0 Å². The number of hydrogen-bond donors (Lipinski definition) is 2. The highest BCUT2D eigenvalue weighted by Gasteiger charge is 2.39. The summed E-state index contributed by atoms with van der Waals surface area (Å²) in [6, 6.07) is 8.05. The summed E-state index contributed by atoms with van der Waals surface area (Å²) in [5.74, 6) is -0.269. The lowest BCUT2D eigenvalue weighted by molar-refractivity contribution is -0.123. The van der Waals surface area contributed by atoms with Gasteiger partial charge in [-0.25, -0.2) is 0 Å². The number of amides is 1. The van der Waals surface area contributed by atoms with Crippen molar-refractivity contribution in [2.75, 3.05) is 25.5 Å². The summed E-state index contributed by atoms with van der Waals surface area (Å²) in [6.45, 7) is 3.73. The molecule has 0 radical (unpaired) electrons. The number of anilines is 1. The van der Waals surface area contributed by atoms with Crippen LogP contribution in [0.25, 0.3) is 0 Å². The molecule has 1 heterocycles. The Hall–Kier alpha value is -1.55. The first kappa shape index (κ1) is 12.9. The Balaban J connectivity index is 2.20. The third-order valence-electron chi connectivity index (χ3n) is 3.59. The summed E-state index contributed by atoms with van der Waals surface area (Å²) >= 11 is 0. The highest BCUT2D eigenvalue weighted by atomic mass is 16.1. The molecule has 2 rings (SSSR count). The van der Waals surface area contributed by atoms with Crippen LogP contribution in [0, 0.1) is 6.92 Å². The minimum Gasteiger partial charge on any atom is -0.370 e. The molecule has 1 amide bonds. The molecule has 18 heavy (non-hydrogen) atoms. The molecule has 1 aliphatic rings. The first-order valence-electron chi connectivity index (χ1n) is 6.35. The van der Waals surface area contributed by atoms with Crippen LogP contribution in [-0.2, 0) is 4.79 Å². The van der Waals surface area contributed by atoms with Crippen molar-refractivity contribution in [1.29, 1.82) is 0 Å². The van der Waals surface area contributed by atoms with E-state index < -0.39 is 5.54 Å². The van der Waals surface area contributed by atoms with Gasteiger partial charge < -0.3 is 16.0 Å². The third-order valence-corrected chi connectivity index (χ3v) is 3.59. The van der Waals surface area contributed by atoms with E-state index >= 15 is 0 Å². The predicted octanol–water partition coefficient (Wildman–Crippen LogP) is 1.36. The molecule has 4 nitrogen and oxygen atoms in total. The zero-order chi connectivity index (χ0) is 13.2. The van der Waals surface area contributed by atoms with Crippen LogP contribution < -0.4 is 11.1 Å². The van der Waals surface area contributed by atoms with E-state index in [1.54, 1.807) is 0 Å². The molecule has 0 bridgehead atoms. The van der Waals surface area contributed by atoms with Crippen molar-refractivity contribution in [3.63, 3.8) is 0 Å². The van der Waals surface area contributed by atoms with Crippen LogP contribution >= 0.6 is 0 Å². The molecule has 0 saturated carbocycles. The van der Waals surface area contributed by atoms with Crippen LogP contribution in [0.5, 0.6) is 0 Å². The molecular formula is C14H21N3O. The first-order chi connectivity index (χ1) is 8.52. The Morgan fingerprint density at radius 1 is 1.39 bits per heavy atom. The van der Waals surface area contributed by atoms with Gasteiger partial charge in [0, 0.05) is 12.2 Å². The average Bonchev–Trinajstić information content (AvgIpc) is 2.32. The quantitative estimate of drug-likeness (QED) is 0.848. The number of piperidine rings is 1. The van der Waals surface area contributed by atoms with Crippen molar-refractivity contribution >= 4 is 11.6 Å².